The summed E-state index contributed by atoms with van der Waals surface area (Å²) in [4.78, 5) is 0. The highest BCUT2D eigenvalue weighted by atomic mass is 127. The van der Waals surface area contributed by atoms with Gasteiger partial charge in [-0.1, -0.05) is 18.6 Å². The molecule has 1 N–H and O–H groups in total. The Balaban J connectivity index is 1.73. The molecule has 88 valence electrons. The van der Waals surface area contributed by atoms with E-state index in [1.807, 2.05) is 18.2 Å². The van der Waals surface area contributed by atoms with Crippen molar-refractivity contribution in [3.8, 4) is 5.75 Å². The maximum absolute atomic E-state index is 5.79. The first-order chi connectivity index (χ1) is 7.86. The van der Waals surface area contributed by atoms with Gasteiger partial charge in [-0.05, 0) is 60.5 Å². The molecule has 0 radical (unpaired) electrons. The van der Waals surface area contributed by atoms with Gasteiger partial charge in [0.2, 0.25) is 0 Å². The molecule has 16 heavy (non-hydrogen) atoms. The van der Waals surface area contributed by atoms with Crippen LogP contribution in [0.15, 0.2) is 24.3 Å². The molecule has 0 saturated carbocycles. The maximum atomic E-state index is 5.79. The van der Waals surface area contributed by atoms with E-state index in [1.54, 1.807) is 0 Å². The van der Waals surface area contributed by atoms with Gasteiger partial charge in [0.15, 0.2) is 0 Å². The van der Waals surface area contributed by atoms with E-state index in [9.17, 15) is 0 Å². The van der Waals surface area contributed by atoms with Gasteiger partial charge in [0.25, 0.3) is 0 Å². The summed E-state index contributed by atoms with van der Waals surface area (Å²) in [7, 11) is 0. The third kappa shape index (κ3) is 3.63. The number of rotatable bonds is 4. The van der Waals surface area contributed by atoms with E-state index in [2.05, 4.69) is 34.0 Å². The number of halogens is 1. The summed E-state index contributed by atoms with van der Waals surface area (Å²) in [5.74, 6) is 1.01. The smallest absolute Gasteiger partial charge is 0.132 e. The Hall–Kier alpha value is -0.290. The first-order valence-corrected chi connectivity index (χ1v) is 7.05. The molecule has 1 aliphatic heterocycles. The zero-order valence-corrected chi connectivity index (χ0v) is 11.6. The highest BCUT2D eigenvalue weighted by Crippen LogP contribution is 2.20. The van der Waals surface area contributed by atoms with Crippen LogP contribution in [0, 0.1) is 3.57 Å². The molecule has 2 rings (SSSR count). The number of benzene rings is 1. The average Bonchev–Trinajstić information content (AvgIpc) is 2.33. The Bertz CT molecular complexity index is 323. The maximum Gasteiger partial charge on any atom is 0.132 e. The zero-order chi connectivity index (χ0) is 11.2. The lowest BCUT2D eigenvalue weighted by Gasteiger charge is -2.23. The summed E-state index contributed by atoms with van der Waals surface area (Å²) in [6.45, 7) is 1.99. The summed E-state index contributed by atoms with van der Waals surface area (Å²) in [5.41, 5.74) is 0. The Labute approximate surface area is 111 Å². The summed E-state index contributed by atoms with van der Waals surface area (Å²) in [6, 6.07) is 8.84. The molecule has 0 aromatic heterocycles. The van der Waals surface area contributed by atoms with Crippen molar-refractivity contribution in [2.75, 3.05) is 13.2 Å². The SMILES string of the molecule is Ic1ccccc1OCC[C@@H]1CCCCN1. The minimum atomic E-state index is 0.662. The number of hydrogen-bond acceptors (Lipinski definition) is 2. The topological polar surface area (TPSA) is 21.3 Å². The van der Waals surface area contributed by atoms with E-state index in [-0.39, 0.29) is 0 Å². The first-order valence-electron chi connectivity index (χ1n) is 5.97. The van der Waals surface area contributed by atoms with Crippen LogP contribution in [-0.2, 0) is 0 Å². The van der Waals surface area contributed by atoms with Crippen LogP contribution in [0.2, 0.25) is 0 Å². The predicted molar refractivity (Wildman–Crippen MR) is 74.9 cm³/mol. The predicted octanol–water partition coefficient (Wildman–Crippen LogP) is 3.20. The molecule has 0 aliphatic carbocycles. The molecule has 1 aromatic rings. The van der Waals surface area contributed by atoms with Crippen molar-refractivity contribution in [2.45, 2.75) is 31.7 Å². The Morgan fingerprint density at radius 3 is 2.94 bits per heavy atom. The molecule has 1 fully saturated rings. The molecule has 3 heteroatoms. The van der Waals surface area contributed by atoms with Crippen LogP contribution in [0.5, 0.6) is 5.75 Å². The molecule has 0 bridgehead atoms. The number of para-hydroxylation sites is 1. The molecular weight excluding hydrogens is 313 g/mol. The number of nitrogens with one attached hydrogen (secondary N) is 1. The van der Waals surface area contributed by atoms with Crippen molar-refractivity contribution >= 4 is 22.6 Å². The fraction of sp³-hybridized carbons (Fsp3) is 0.538. The Morgan fingerprint density at radius 2 is 2.19 bits per heavy atom. The van der Waals surface area contributed by atoms with Crippen molar-refractivity contribution in [1.29, 1.82) is 0 Å². The van der Waals surface area contributed by atoms with E-state index >= 15 is 0 Å². The summed E-state index contributed by atoms with van der Waals surface area (Å²) < 4.78 is 6.98. The molecule has 0 spiro atoms. The lowest BCUT2D eigenvalue weighted by Crippen LogP contribution is -2.35. The van der Waals surface area contributed by atoms with Crippen LogP contribution >= 0.6 is 22.6 Å². The lowest BCUT2D eigenvalue weighted by molar-refractivity contribution is 0.267. The van der Waals surface area contributed by atoms with Crippen LogP contribution in [0.3, 0.4) is 0 Å². The molecule has 0 unspecified atom stereocenters. The fourth-order valence-corrected chi connectivity index (χ4v) is 2.59. The normalized spacial score (nSPS) is 20.7. The van der Waals surface area contributed by atoms with Gasteiger partial charge in [0, 0.05) is 6.04 Å². The molecule has 1 aromatic carbocycles. The minimum absolute atomic E-state index is 0.662. The van der Waals surface area contributed by atoms with Gasteiger partial charge in [-0.3, -0.25) is 0 Å². The molecule has 0 amide bonds. The van der Waals surface area contributed by atoms with Crippen molar-refractivity contribution in [2.24, 2.45) is 0 Å². The van der Waals surface area contributed by atoms with Gasteiger partial charge >= 0.3 is 0 Å². The van der Waals surface area contributed by atoms with Gasteiger partial charge in [0.1, 0.15) is 5.75 Å². The van der Waals surface area contributed by atoms with E-state index in [4.69, 9.17) is 4.74 Å². The number of piperidine rings is 1. The summed E-state index contributed by atoms with van der Waals surface area (Å²) in [6.07, 6.45) is 5.11. The van der Waals surface area contributed by atoms with Gasteiger partial charge < -0.3 is 10.1 Å². The highest BCUT2D eigenvalue weighted by molar-refractivity contribution is 14.1. The van der Waals surface area contributed by atoms with Crippen LogP contribution in [0.25, 0.3) is 0 Å². The molecule has 2 nitrogen and oxygen atoms in total. The minimum Gasteiger partial charge on any atom is -0.492 e. The van der Waals surface area contributed by atoms with Crippen molar-refractivity contribution in [3.05, 3.63) is 27.8 Å². The Kier molecular flexibility index (Phi) is 4.91. The third-order valence-electron chi connectivity index (χ3n) is 2.97. The van der Waals surface area contributed by atoms with E-state index in [0.29, 0.717) is 6.04 Å². The second-order valence-electron chi connectivity index (χ2n) is 4.21. The zero-order valence-electron chi connectivity index (χ0n) is 9.42. The molecular formula is C13H18INO. The van der Waals surface area contributed by atoms with Gasteiger partial charge in [0.05, 0.1) is 10.2 Å². The van der Waals surface area contributed by atoms with E-state index in [0.717, 1.165) is 18.8 Å². The first kappa shape index (κ1) is 12.2. The monoisotopic (exact) mass is 331 g/mol. The van der Waals surface area contributed by atoms with Crippen molar-refractivity contribution in [1.82, 2.24) is 5.32 Å². The standard InChI is InChI=1S/C13H18INO/c14-12-6-1-2-7-13(12)16-10-8-11-5-3-4-9-15-11/h1-2,6-7,11,15H,3-5,8-10H2/t11-/m0/s1. The van der Waals surface area contributed by atoms with Crippen LogP contribution in [0.1, 0.15) is 25.7 Å². The largest absolute Gasteiger partial charge is 0.492 e. The van der Waals surface area contributed by atoms with Crippen LogP contribution < -0.4 is 10.1 Å². The number of hydrogen-bond donors (Lipinski definition) is 1. The number of ether oxygens (including phenoxy) is 1. The molecule has 1 saturated heterocycles. The van der Waals surface area contributed by atoms with Gasteiger partial charge in [-0.25, -0.2) is 0 Å². The van der Waals surface area contributed by atoms with Crippen molar-refractivity contribution in [3.63, 3.8) is 0 Å². The van der Waals surface area contributed by atoms with Crippen molar-refractivity contribution < 1.29 is 4.74 Å². The van der Waals surface area contributed by atoms with Gasteiger partial charge in [-0.2, -0.15) is 0 Å². The van der Waals surface area contributed by atoms with Crippen LogP contribution in [-0.4, -0.2) is 19.2 Å². The lowest BCUT2D eigenvalue weighted by atomic mass is 10.0. The summed E-state index contributed by atoms with van der Waals surface area (Å²) in [5, 5.41) is 3.54. The fourth-order valence-electron chi connectivity index (χ4n) is 2.04. The second kappa shape index (κ2) is 6.45. The summed E-state index contributed by atoms with van der Waals surface area (Å²) >= 11 is 2.31. The third-order valence-corrected chi connectivity index (χ3v) is 3.86. The van der Waals surface area contributed by atoms with Gasteiger partial charge in [-0.15, -0.1) is 0 Å². The molecule has 1 heterocycles. The average molecular weight is 331 g/mol. The van der Waals surface area contributed by atoms with Crippen LogP contribution in [0.4, 0.5) is 0 Å². The quantitative estimate of drug-likeness (QED) is 0.856. The van der Waals surface area contributed by atoms with E-state index in [1.165, 1.54) is 29.4 Å². The van der Waals surface area contributed by atoms with E-state index < -0.39 is 0 Å². The molecule has 1 aliphatic rings. The second-order valence-corrected chi connectivity index (χ2v) is 5.38. The Morgan fingerprint density at radius 1 is 1.31 bits per heavy atom. The molecule has 1 atom stereocenters. The highest BCUT2D eigenvalue weighted by Gasteiger charge is 2.12.